The van der Waals surface area contributed by atoms with Gasteiger partial charge in [0.1, 0.15) is 0 Å². The standard InChI is InChI=1S/C17H20N2O4/c20-15-4-2-9-18(15)13-7-5-12(6-8-13)17(23)19-10-1-3-14(19)11-16(21)22/h5-8,14H,1-4,9-11H2,(H,21,22). The smallest absolute Gasteiger partial charge is 0.305 e. The first-order valence-electron chi connectivity index (χ1n) is 7.99. The number of carbonyl (C=O) groups is 3. The molecular formula is C17H20N2O4. The molecule has 0 spiro atoms. The molecule has 23 heavy (non-hydrogen) atoms. The van der Waals surface area contributed by atoms with Crippen LogP contribution in [-0.2, 0) is 9.59 Å². The van der Waals surface area contributed by atoms with Crippen molar-refractivity contribution in [3.05, 3.63) is 29.8 Å². The highest BCUT2D eigenvalue weighted by Crippen LogP contribution is 2.25. The van der Waals surface area contributed by atoms with Gasteiger partial charge in [-0.3, -0.25) is 14.4 Å². The molecule has 122 valence electrons. The topological polar surface area (TPSA) is 77.9 Å². The number of hydrogen-bond donors (Lipinski definition) is 1. The summed E-state index contributed by atoms with van der Waals surface area (Å²) in [6.07, 6.45) is 3.00. The van der Waals surface area contributed by atoms with Gasteiger partial charge in [-0.25, -0.2) is 0 Å². The van der Waals surface area contributed by atoms with Crippen LogP contribution in [0.3, 0.4) is 0 Å². The summed E-state index contributed by atoms with van der Waals surface area (Å²) in [6, 6.07) is 6.80. The van der Waals surface area contributed by atoms with Gasteiger partial charge in [-0.05, 0) is 43.5 Å². The number of hydrogen-bond acceptors (Lipinski definition) is 3. The lowest BCUT2D eigenvalue weighted by molar-refractivity contribution is -0.138. The van der Waals surface area contributed by atoms with Crippen LogP contribution >= 0.6 is 0 Å². The van der Waals surface area contributed by atoms with Crippen molar-refractivity contribution in [2.24, 2.45) is 0 Å². The van der Waals surface area contributed by atoms with Gasteiger partial charge in [-0.15, -0.1) is 0 Å². The summed E-state index contributed by atoms with van der Waals surface area (Å²) in [6.45, 7) is 1.32. The molecule has 0 saturated carbocycles. The van der Waals surface area contributed by atoms with Crippen molar-refractivity contribution in [2.45, 2.75) is 38.1 Å². The summed E-state index contributed by atoms with van der Waals surface area (Å²) in [5.41, 5.74) is 1.35. The van der Waals surface area contributed by atoms with Crippen LogP contribution < -0.4 is 4.90 Å². The maximum absolute atomic E-state index is 12.6. The molecular weight excluding hydrogens is 296 g/mol. The Morgan fingerprint density at radius 3 is 2.48 bits per heavy atom. The molecule has 1 N–H and O–H groups in total. The van der Waals surface area contributed by atoms with Gasteiger partial charge in [0.2, 0.25) is 5.91 Å². The molecule has 0 bridgehead atoms. The van der Waals surface area contributed by atoms with Crippen LogP contribution in [0.4, 0.5) is 5.69 Å². The van der Waals surface area contributed by atoms with Crippen molar-refractivity contribution in [1.29, 1.82) is 0 Å². The Hall–Kier alpha value is -2.37. The highest BCUT2D eigenvalue weighted by Gasteiger charge is 2.31. The zero-order chi connectivity index (χ0) is 16.4. The minimum Gasteiger partial charge on any atom is -0.481 e. The highest BCUT2D eigenvalue weighted by molar-refractivity contribution is 5.97. The molecule has 2 aliphatic rings. The van der Waals surface area contributed by atoms with Crippen LogP contribution in [0, 0.1) is 0 Å². The normalized spacial score (nSPS) is 21.0. The molecule has 1 unspecified atom stereocenters. The van der Waals surface area contributed by atoms with Gasteiger partial charge < -0.3 is 14.9 Å². The van der Waals surface area contributed by atoms with Crippen LogP contribution in [0.2, 0.25) is 0 Å². The molecule has 2 saturated heterocycles. The third-order valence-corrected chi connectivity index (χ3v) is 4.55. The van der Waals surface area contributed by atoms with E-state index in [9.17, 15) is 14.4 Å². The molecule has 1 aromatic rings. The van der Waals surface area contributed by atoms with Crippen molar-refractivity contribution < 1.29 is 19.5 Å². The first-order chi connectivity index (χ1) is 11.1. The third kappa shape index (κ3) is 3.21. The van der Waals surface area contributed by atoms with Crippen LogP contribution in [-0.4, -0.2) is 46.9 Å². The number of rotatable bonds is 4. The zero-order valence-electron chi connectivity index (χ0n) is 12.9. The molecule has 0 aromatic heterocycles. The van der Waals surface area contributed by atoms with E-state index in [0.717, 1.165) is 31.5 Å². The second kappa shape index (κ2) is 6.40. The van der Waals surface area contributed by atoms with Crippen molar-refractivity contribution in [3.8, 4) is 0 Å². The molecule has 2 heterocycles. The van der Waals surface area contributed by atoms with Crippen LogP contribution in [0.1, 0.15) is 42.5 Å². The summed E-state index contributed by atoms with van der Waals surface area (Å²) in [5.74, 6) is -0.893. The number of anilines is 1. The second-order valence-corrected chi connectivity index (χ2v) is 6.09. The van der Waals surface area contributed by atoms with Crippen molar-refractivity contribution in [3.63, 3.8) is 0 Å². The van der Waals surface area contributed by atoms with E-state index in [4.69, 9.17) is 5.11 Å². The molecule has 6 heteroatoms. The lowest BCUT2D eigenvalue weighted by atomic mass is 10.1. The Balaban J connectivity index is 1.72. The number of amides is 2. The Morgan fingerprint density at radius 1 is 1.13 bits per heavy atom. The van der Waals surface area contributed by atoms with Gasteiger partial charge in [-0.2, -0.15) is 0 Å². The third-order valence-electron chi connectivity index (χ3n) is 4.55. The fraction of sp³-hybridized carbons (Fsp3) is 0.471. The Bertz CT molecular complexity index is 626. The van der Waals surface area contributed by atoms with Crippen LogP contribution in [0.25, 0.3) is 0 Å². The average Bonchev–Trinajstić information content (AvgIpc) is 3.15. The van der Waals surface area contributed by atoms with E-state index < -0.39 is 5.97 Å². The zero-order valence-corrected chi connectivity index (χ0v) is 12.9. The number of carbonyl (C=O) groups excluding carboxylic acids is 2. The number of carboxylic acids is 1. The predicted octanol–water partition coefficient (Wildman–Crippen LogP) is 1.89. The number of likely N-dealkylation sites (tertiary alicyclic amines) is 1. The molecule has 6 nitrogen and oxygen atoms in total. The van der Waals surface area contributed by atoms with E-state index in [1.165, 1.54) is 0 Å². The maximum Gasteiger partial charge on any atom is 0.305 e. The van der Waals surface area contributed by atoms with Gasteiger partial charge in [0, 0.05) is 36.8 Å². The summed E-state index contributed by atoms with van der Waals surface area (Å²) >= 11 is 0. The predicted molar refractivity (Wildman–Crippen MR) is 84.3 cm³/mol. The molecule has 2 aliphatic heterocycles. The van der Waals surface area contributed by atoms with E-state index in [1.54, 1.807) is 34.1 Å². The molecule has 0 aliphatic carbocycles. The molecule has 3 rings (SSSR count). The summed E-state index contributed by atoms with van der Waals surface area (Å²) in [5, 5.41) is 8.95. The first kappa shape index (κ1) is 15.5. The van der Waals surface area contributed by atoms with Gasteiger partial charge in [0.15, 0.2) is 0 Å². The average molecular weight is 316 g/mol. The van der Waals surface area contributed by atoms with E-state index in [0.29, 0.717) is 18.5 Å². The Kier molecular flexibility index (Phi) is 4.32. The molecule has 2 amide bonds. The van der Waals surface area contributed by atoms with Gasteiger partial charge in [0.25, 0.3) is 5.91 Å². The van der Waals surface area contributed by atoms with Crippen LogP contribution in [0.5, 0.6) is 0 Å². The van der Waals surface area contributed by atoms with Crippen molar-refractivity contribution in [2.75, 3.05) is 18.0 Å². The number of carboxylic acid groups (broad SMARTS) is 1. The number of aliphatic carboxylic acids is 1. The SMILES string of the molecule is O=C(O)CC1CCCN1C(=O)c1ccc(N2CCCC2=O)cc1. The van der Waals surface area contributed by atoms with E-state index in [2.05, 4.69) is 0 Å². The van der Waals surface area contributed by atoms with Gasteiger partial charge in [0.05, 0.1) is 6.42 Å². The Morgan fingerprint density at radius 2 is 1.87 bits per heavy atom. The molecule has 2 fully saturated rings. The molecule has 1 aromatic carbocycles. The lowest BCUT2D eigenvalue weighted by Crippen LogP contribution is -2.36. The van der Waals surface area contributed by atoms with Gasteiger partial charge in [-0.1, -0.05) is 0 Å². The van der Waals surface area contributed by atoms with E-state index in [-0.39, 0.29) is 24.3 Å². The summed E-state index contributed by atoms with van der Waals surface area (Å²) < 4.78 is 0. The molecule has 1 atom stereocenters. The van der Waals surface area contributed by atoms with Crippen molar-refractivity contribution in [1.82, 2.24) is 4.90 Å². The largest absolute Gasteiger partial charge is 0.481 e. The van der Waals surface area contributed by atoms with E-state index >= 15 is 0 Å². The minimum absolute atomic E-state index is 0.00783. The Labute approximate surface area is 134 Å². The fourth-order valence-electron chi connectivity index (χ4n) is 3.39. The first-order valence-corrected chi connectivity index (χ1v) is 7.99. The maximum atomic E-state index is 12.6. The quantitative estimate of drug-likeness (QED) is 0.920. The fourth-order valence-corrected chi connectivity index (χ4v) is 3.39. The highest BCUT2D eigenvalue weighted by atomic mass is 16.4. The van der Waals surface area contributed by atoms with Crippen LogP contribution in [0.15, 0.2) is 24.3 Å². The monoisotopic (exact) mass is 316 g/mol. The summed E-state index contributed by atoms with van der Waals surface area (Å²) in [7, 11) is 0. The lowest BCUT2D eigenvalue weighted by Gasteiger charge is -2.24. The number of nitrogens with zero attached hydrogens (tertiary/aromatic N) is 2. The molecule has 0 radical (unpaired) electrons. The van der Waals surface area contributed by atoms with Gasteiger partial charge >= 0.3 is 5.97 Å². The second-order valence-electron chi connectivity index (χ2n) is 6.09. The van der Waals surface area contributed by atoms with E-state index in [1.807, 2.05) is 0 Å². The minimum atomic E-state index is -0.877. The summed E-state index contributed by atoms with van der Waals surface area (Å²) in [4.78, 5) is 38.6. The van der Waals surface area contributed by atoms with Crippen molar-refractivity contribution >= 4 is 23.5 Å². The number of benzene rings is 1.